The minimum Gasteiger partial charge on any atom is -0.264 e. The summed E-state index contributed by atoms with van der Waals surface area (Å²) in [5, 5.41) is 10.5. The standard InChI is InChI=1S/C9H11NO2/c1-2-9(10(11)12)8-6-4-3-5-7-8/h3-7,9H,2H2,1H3. The molecular weight excluding hydrogens is 154 g/mol. The number of benzene rings is 1. The summed E-state index contributed by atoms with van der Waals surface area (Å²) in [6.45, 7) is 1.82. The smallest absolute Gasteiger partial charge is 0.237 e. The summed E-state index contributed by atoms with van der Waals surface area (Å²) < 4.78 is 0. The molecule has 1 atom stereocenters. The summed E-state index contributed by atoms with van der Waals surface area (Å²) in [4.78, 5) is 10.3. The third-order valence-corrected chi connectivity index (χ3v) is 1.83. The van der Waals surface area contributed by atoms with Gasteiger partial charge in [-0.15, -0.1) is 0 Å². The van der Waals surface area contributed by atoms with Crippen LogP contribution in [0.1, 0.15) is 24.9 Å². The van der Waals surface area contributed by atoms with Gasteiger partial charge in [0.05, 0.1) is 0 Å². The molecule has 0 spiro atoms. The van der Waals surface area contributed by atoms with Gasteiger partial charge in [0.1, 0.15) is 0 Å². The van der Waals surface area contributed by atoms with Gasteiger partial charge in [0.15, 0.2) is 0 Å². The number of rotatable bonds is 3. The predicted octanol–water partition coefficient (Wildman–Crippen LogP) is 2.41. The van der Waals surface area contributed by atoms with Crippen LogP contribution in [-0.2, 0) is 0 Å². The molecule has 64 valence electrons. The van der Waals surface area contributed by atoms with Gasteiger partial charge >= 0.3 is 0 Å². The fourth-order valence-electron chi connectivity index (χ4n) is 1.18. The molecular formula is C9H11NO2. The highest BCUT2D eigenvalue weighted by atomic mass is 16.6. The van der Waals surface area contributed by atoms with Crippen molar-refractivity contribution >= 4 is 0 Å². The lowest BCUT2D eigenvalue weighted by molar-refractivity contribution is -0.529. The molecule has 1 rings (SSSR count). The summed E-state index contributed by atoms with van der Waals surface area (Å²) in [5.41, 5.74) is 0.782. The highest BCUT2D eigenvalue weighted by Gasteiger charge is 2.18. The molecule has 1 aromatic rings. The molecule has 0 aromatic heterocycles. The van der Waals surface area contributed by atoms with E-state index in [0.29, 0.717) is 6.42 Å². The van der Waals surface area contributed by atoms with Crippen LogP contribution in [0.2, 0.25) is 0 Å². The maximum absolute atomic E-state index is 10.5. The molecule has 1 aromatic carbocycles. The average Bonchev–Trinajstić information content (AvgIpc) is 2.07. The van der Waals surface area contributed by atoms with Gasteiger partial charge in [0.2, 0.25) is 6.04 Å². The SMILES string of the molecule is CCC(c1ccccc1)[N+](=O)[O-]. The van der Waals surface area contributed by atoms with Crippen LogP contribution in [0.25, 0.3) is 0 Å². The monoisotopic (exact) mass is 165 g/mol. The van der Waals surface area contributed by atoms with E-state index < -0.39 is 6.04 Å². The fraction of sp³-hybridized carbons (Fsp3) is 0.333. The maximum atomic E-state index is 10.5. The van der Waals surface area contributed by atoms with E-state index in [9.17, 15) is 10.1 Å². The topological polar surface area (TPSA) is 43.1 Å². The first-order valence-electron chi connectivity index (χ1n) is 3.94. The lowest BCUT2D eigenvalue weighted by Gasteiger charge is -2.05. The first kappa shape index (κ1) is 8.71. The Morgan fingerprint density at radius 3 is 2.42 bits per heavy atom. The predicted molar refractivity (Wildman–Crippen MR) is 46.5 cm³/mol. The van der Waals surface area contributed by atoms with Crippen molar-refractivity contribution in [2.45, 2.75) is 19.4 Å². The maximum Gasteiger partial charge on any atom is 0.237 e. The van der Waals surface area contributed by atoms with Crippen LogP contribution in [0.5, 0.6) is 0 Å². The van der Waals surface area contributed by atoms with E-state index in [1.165, 1.54) is 0 Å². The molecule has 0 aliphatic carbocycles. The van der Waals surface area contributed by atoms with E-state index in [0.717, 1.165) is 5.56 Å². The van der Waals surface area contributed by atoms with Crippen molar-refractivity contribution in [3.8, 4) is 0 Å². The van der Waals surface area contributed by atoms with Crippen molar-refractivity contribution in [3.63, 3.8) is 0 Å². The van der Waals surface area contributed by atoms with Crippen molar-refractivity contribution in [3.05, 3.63) is 46.0 Å². The second-order valence-corrected chi connectivity index (χ2v) is 2.62. The highest BCUT2D eigenvalue weighted by molar-refractivity contribution is 5.16. The molecule has 0 aliphatic heterocycles. The van der Waals surface area contributed by atoms with Crippen molar-refractivity contribution in [2.75, 3.05) is 0 Å². The quantitative estimate of drug-likeness (QED) is 0.510. The van der Waals surface area contributed by atoms with E-state index in [1.54, 1.807) is 12.1 Å². The highest BCUT2D eigenvalue weighted by Crippen LogP contribution is 2.18. The Morgan fingerprint density at radius 2 is 2.00 bits per heavy atom. The van der Waals surface area contributed by atoms with Crippen molar-refractivity contribution in [2.24, 2.45) is 0 Å². The van der Waals surface area contributed by atoms with Gasteiger partial charge in [-0.2, -0.15) is 0 Å². The zero-order valence-electron chi connectivity index (χ0n) is 6.93. The van der Waals surface area contributed by atoms with E-state index in [2.05, 4.69) is 0 Å². The van der Waals surface area contributed by atoms with E-state index in [4.69, 9.17) is 0 Å². The van der Waals surface area contributed by atoms with Gasteiger partial charge in [-0.25, -0.2) is 0 Å². The fourth-order valence-corrected chi connectivity index (χ4v) is 1.18. The molecule has 0 amide bonds. The Kier molecular flexibility index (Phi) is 2.80. The van der Waals surface area contributed by atoms with Crippen molar-refractivity contribution in [1.29, 1.82) is 0 Å². The molecule has 3 nitrogen and oxygen atoms in total. The van der Waals surface area contributed by atoms with Crippen molar-refractivity contribution in [1.82, 2.24) is 0 Å². The van der Waals surface area contributed by atoms with Crippen LogP contribution in [0.4, 0.5) is 0 Å². The van der Waals surface area contributed by atoms with Crippen LogP contribution in [0, 0.1) is 10.1 Å². The van der Waals surface area contributed by atoms with Crippen LogP contribution in [0.15, 0.2) is 30.3 Å². The molecule has 1 unspecified atom stereocenters. The van der Waals surface area contributed by atoms with Crippen LogP contribution in [-0.4, -0.2) is 4.92 Å². The van der Waals surface area contributed by atoms with Gasteiger partial charge in [0, 0.05) is 16.9 Å². The lowest BCUT2D eigenvalue weighted by atomic mass is 10.1. The molecule has 0 N–H and O–H groups in total. The number of nitrogens with zero attached hydrogens (tertiary/aromatic N) is 1. The van der Waals surface area contributed by atoms with Gasteiger partial charge in [0.25, 0.3) is 0 Å². The first-order chi connectivity index (χ1) is 5.75. The molecule has 0 saturated heterocycles. The van der Waals surface area contributed by atoms with E-state index in [1.807, 2.05) is 25.1 Å². The first-order valence-corrected chi connectivity index (χ1v) is 3.94. The van der Waals surface area contributed by atoms with Gasteiger partial charge in [-0.3, -0.25) is 10.1 Å². The number of hydrogen-bond acceptors (Lipinski definition) is 2. The van der Waals surface area contributed by atoms with Crippen LogP contribution in [0.3, 0.4) is 0 Å². The summed E-state index contributed by atoms with van der Waals surface area (Å²) >= 11 is 0. The molecule has 0 aliphatic rings. The van der Waals surface area contributed by atoms with E-state index in [-0.39, 0.29) is 4.92 Å². The summed E-state index contributed by atoms with van der Waals surface area (Å²) in [6, 6.07) is 8.53. The normalized spacial score (nSPS) is 12.4. The Hall–Kier alpha value is -1.38. The third kappa shape index (κ3) is 1.81. The lowest BCUT2D eigenvalue weighted by Crippen LogP contribution is -2.08. The molecule has 0 fully saturated rings. The molecule has 12 heavy (non-hydrogen) atoms. The van der Waals surface area contributed by atoms with Gasteiger partial charge < -0.3 is 0 Å². The molecule has 3 heteroatoms. The zero-order valence-corrected chi connectivity index (χ0v) is 6.93. The van der Waals surface area contributed by atoms with Crippen molar-refractivity contribution < 1.29 is 4.92 Å². The molecule has 0 heterocycles. The van der Waals surface area contributed by atoms with Crippen LogP contribution >= 0.6 is 0 Å². The molecule has 0 saturated carbocycles. The Bertz CT molecular complexity index is 258. The molecule has 0 bridgehead atoms. The van der Waals surface area contributed by atoms with Gasteiger partial charge in [-0.1, -0.05) is 37.3 Å². The number of hydrogen-bond donors (Lipinski definition) is 0. The largest absolute Gasteiger partial charge is 0.264 e. The second-order valence-electron chi connectivity index (χ2n) is 2.62. The minimum atomic E-state index is -0.550. The summed E-state index contributed by atoms with van der Waals surface area (Å²) in [7, 11) is 0. The number of nitro groups is 1. The Labute approximate surface area is 71.2 Å². The molecule has 0 radical (unpaired) electrons. The van der Waals surface area contributed by atoms with E-state index >= 15 is 0 Å². The minimum absolute atomic E-state index is 0.241. The van der Waals surface area contributed by atoms with Crippen LogP contribution < -0.4 is 0 Å². The Morgan fingerprint density at radius 1 is 1.42 bits per heavy atom. The Balaban J connectivity index is 2.88. The summed E-state index contributed by atoms with van der Waals surface area (Å²) in [6.07, 6.45) is 0.539. The second kappa shape index (κ2) is 3.85. The average molecular weight is 165 g/mol. The zero-order chi connectivity index (χ0) is 8.97. The van der Waals surface area contributed by atoms with Gasteiger partial charge in [-0.05, 0) is 0 Å². The summed E-state index contributed by atoms with van der Waals surface area (Å²) in [5.74, 6) is 0. The third-order valence-electron chi connectivity index (χ3n) is 1.83.